The zero-order valence-electron chi connectivity index (χ0n) is 12.5. The summed E-state index contributed by atoms with van der Waals surface area (Å²) in [4.78, 5) is 9.34. The van der Waals surface area contributed by atoms with Crippen LogP contribution in [0.5, 0.6) is 0 Å². The normalized spacial score (nSPS) is 21.2. The highest BCUT2D eigenvalue weighted by Crippen LogP contribution is 2.39. The Labute approximate surface area is 121 Å². The fraction of sp³-hybridized carbons (Fsp3) is 0.733. The fourth-order valence-corrected chi connectivity index (χ4v) is 3.31. The minimum atomic E-state index is 0.323. The number of nitrogens with zero attached hydrogens (tertiary/aromatic N) is 2. The van der Waals surface area contributed by atoms with Gasteiger partial charge in [0.2, 0.25) is 0 Å². The van der Waals surface area contributed by atoms with Gasteiger partial charge >= 0.3 is 0 Å². The number of fused-ring (bicyclic) bond motifs is 1. The molecule has 3 nitrogen and oxygen atoms in total. The Balaban J connectivity index is 2.26. The van der Waals surface area contributed by atoms with Gasteiger partial charge in [0.05, 0.1) is 5.75 Å². The smallest absolute Gasteiger partial charge is 0.138 e. The van der Waals surface area contributed by atoms with Crippen LogP contribution >= 0.6 is 11.8 Å². The van der Waals surface area contributed by atoms with Crippen molar-refractivity contribution in [2.45, 2.75) is 52.3 Å². The first-order chi connectivity index (χ1) is 9.05. The van der Waals surface area contributed by atoms with Gasteiger partial charge in [-0.3, -0.25) is 0 Å². The highest BCUT2D eigenvalue weighted by Gasteiger charge is 2.33. The molecule has 0 spiro atoms. The average Bonchev–Trinajstić information content (AvgIpc) is 2.35. The van der Waals surface area contributed by atoms with E-state index in [9.17, 15) is 0 Å². The van der Waals surface area contributed by atoms with E-state index in [1.807, 2.05) is 11.8 Å². The van der Waals surface area contributed by atoms with Crippen molar-refractivity contribution >= 4 is 11.8 Å². The van der Waals surface area contributed by atoms with Crippen molar-refractivity contribution in [2.24, 2.45) is 5.41 Å². The van der Waals surface area contributed by atoms with Crippen LogP contribution in [0.1, 0.15) is 57.2 Å². The molecular weight excluding hydrogens is 254 g/mol. The summed E-state index contributed by atoms with van der Waals surface area (Å²) in [6.45, 7) is 10.0. The van der Waals surface area contributed by atoms with Crippen molar-refractivity contribution in [3.05, 3.63) is 23.3 Å². The SMILES string of the molecule is CCNC1CC(C)(C)Cc2nc(CSCC)ncc21. The van der Waals surface area contributed by atoms with E-state index in [0.29, 0.717) is 11.5 Å². The third-order valence-electron chi connectivity index (χ3n) is 3.61. The molecule has 1 aromatic heterocycles. The van der Waals surface area contributed by atoms with Crippen LogP contribution in [0.2, 0.25) is 0 Å². The highest BCUT2D eigenvalue weighted by atomic mass is 32.2. The Morgan fingerprint density at radius 3 is 2.89 bits per heavy atom. The van der Waals surface area contributed by atoms with E-state index in [2.05, 4.69) is 44.2 Å². The van der Waals surface area contributed by atoms with Crippen molar-refractivity contribution in [2.75, 3.05) is 12.3 Å². The van der Waals surface area contributed by atoms with Gasteiger partial charge in [-0.15, -0.1) is 0 Å². The van der Waals surface area contributed by atoms with Gasteiger partial charge in [0.15, 0.2) is 0 Å². The van der Waals surface area contributed by atoms with E-state index in [-0.39, 0.29) is 0 Å². The molecule has 0 fully saturated rings. The quantitative estimate of drug-likeness (QED) is 0.897. The number of rotatable bonds is 5. The van der Waals surface area contributed by atoms with E-state index >= 15 is 0 Å². The van der Waals surface area contributed by atoms with Crippen LogP contribution in [-0.4, -0.2) is 22.3 Å². The lowest BCUT2D eigenvalue weighted by molar-refractivity contribution is 0.255. The molecule has 0 bridgehead atoms. The van der Waals surface area contributed by atoms with Crippen LogP contribution in [0.25, 0.3) is 0 Å². The summed E-state index contributed by atoms with van der Waals surface area (Å²) >= 11 is 1.88. The molecule has 0 saturated heterocycles. The molecular formula is C15H25N3S. The first kappa shape index (κ1) is 14.8. The van der Waals surface area contributed by atoms with Crippen LogP contribution in [0.15, 0.2) is 6.20 Å². The molecule has 1 heterocycles. The molecule has 106 valence electrons. The minimum Gasteiger partial charge on any atom is -0.310 e. The third kappa shape index (κ3) is 3.69. The molecule has 2 rings (SSSR count). The third-order valence-corrected chi connectivity index (χ3v) is 4.48. The Morgan fingerprint density at radius 1 is 1.42 bits per heavy atom. The first-order valence-corrected chi connectivity index (χ1v) is 8.37. The van der Waals surface area contributed by atoms with E-state index < -0.39 is 0 Å². The van der Waals surface area contributed by atoms with Crippen LogP contribution in [0.4, 0.5) is 0 Å². The second-order valence-electron chi connectivity index (χ2n) is 5.98. The van der Waals surface area contributed by atoms with Gasteiger partial charge < -0.3 is 5.32 Å². The van der Waals surface area contributed by atoms with E-state index in [1.165, 1.54) is 17.7 Å². The summed E-state index contributed by atoms with van der Waals surface area (Å²) in [5, 5.41) is 3.57. The Morgan fingerprint density at radius 2 is 2.21 bits per heavy atom. The number of aromatic nitrogens is 2. The van der Waals surface area contributed by atoms with Gasteiger partial charge in [-0.2, -0.15) is 11.8 Å². The summed E-state index contributed by atoms with van der Waals surface area (Å²) in [7, 11) is 0. The van der Waals surface area contributed by atoms with E-state index in [0.717, 1.165) is 30.3 Å². The lowest BCUT2D eigenvalue weighted by atomic mass is 9.74. The van der Waals surface area contributed by atoms with Crippen molar-refractivity contribution in [1.29, 1.82) is 0 Å². The molecule has 1 atom stereocenters. The molecule has 1 N–H and O–H groups in total. The maximum absolute atomic E-state index is 4.81. The number of hydrogen-bond donors (Lipinski definition) is 1. The Hall–Kier alpha value is -0.610. The van der Waals surface area contributed by atoms with E-state index in [1.54, 1.807) is 0 Å². The van der Waals surface area contributed by atoms with Gasteiger partial charge in [-0.05, 0) is 30.6 Å². The summed E-state index contributed by atoms with van der Waals surface area (Å²) in [5.74, 6) is 3.03. The van der Waals surface area contributed by atoms with Crippen molar-refractivity contribution in [1.82, 2.24) is 15.3 Å². The zero-order chi connectivity index (χ0) is 13.9. The highest BCUT2D eigenvalue weighted by molar-refractivity contribution is 7.98. The minimum absolute atomic E-state index is 0.323. The van der Waals surface area contributed by atoms with Crippen LogP contribution in [0, 0.1) is 5.41 Å². The summed E-state index contributed by atoms with van der Waals surface area (Å²) in [6.07, 6.45) is 4.28. The fourth-order valence-electron chi connectivity index (χ4n) is 2.78. The Kier molecular flexibility index (Phi) is 4.85. The van der Waals surface area contributed by atoms with Gasteiger partial charge in [0, 0.05) is 23.5 Å². The average molecular weight is 279 g/mol. The molecule has 4 heteroatoms. The lowest BCUT2D eigenvalue weighted by Crippen LogP contribution is -2.34. The molecule has 19 heavy (non-hydrogen) atoms. The largest absolute Gasteiger partial charge is 0.310 e. The van der Waals surface area contributed by atoms with Crippen LogP contribution in [-0.2, 0) is 12.2 Å². The Bertz CT molecular complexity index is 431. The molecule has 0 aliphatic heterocycles. The monoisotopic (exact) mass is 279 g/mol. The second-order valence-corrected chi connectivity index (χ2v) is 7.26. The molecule has 0 amide bonds. The predicted molar refractivity (Wildman–Crippen MR) is 82.4 cm³/mol. The van der Waals surface area contributed by atoms with Gasteiger partial charge in [-0.25, -0.2) is 9.97 Å². The topological polar surface area (TPSA) is 37.8 Å². The van der Waals surface area contributed by atoms with Gasteiger partial charge in [0.25, 0.3) is 0 Å². The first-order valence-electron chi connectivity index (χ1n) is 7.21. The van der Waals surface area contributed by atoms with Crippen LogP contribution in [0.3, 0.4) is 0 Å². The number of nitrogens with one attached hydrogen (secondary N) is 1. The zero-order valence-corrected chi connectivity index (χ0v) is 13.3. The van der Waals surface area contributed by atoms with Gasteiger partial charge in [0.1, 0.15) is 5.82 Å². The van der Waals surface area contributed by atoms with E-state index in [4.69, 9.17) is 4.98 Å². The number of thioether (sulfide) groups is 1. The lowest BCUT2D eigenvalue weighted by Gasteiger charge is -2.36. The summed E-state index contributed by atoms with van der Waals surface area (Å²) < 4.78 is 0. The summed E-state index contributed by atoms with van der Waals surface area (Å²) in [5.41, 5.74) is 2.89. The standard InChI is InChI=1S/C15H25N3S/c1-5-16-12-7-15(3,4)8-13-11(12)9-17-14(18-13)10-19-6-2/h9,12,16H,5-8,10H2,1-4H3. The number of hydrogen-bond acceptors (Lipinski definition) is 4. The maximum atomic E-state index is 4.81. The van der Waals surface area contributed by atoms with Gasteiger partial charge in [-0.1, -0.05) is 27.7 Å². The second kappa shape index (κ2) is 6.23. The summed E-state index contributed by atoms with van der Waals surface area (Å²) in [6, 6.07) is 0.414. The maximum Gasteiger partial charge on any atom is 0.138 e. The van der Waals surface area contributed by atoms with Crippen LogP contribution < -0.4 is 5.32 Å². The molecule has 0 saturated carbocycles. The van der Waals surface area contributed by atoms with Crippen molar-refractivity contribution < 1.29 is 0 Å². The molecule has 1 aromatic rings. The predicted octanol–water partition coefficient (Wildman–Crippen LogP) is 3.35. The molecule has 0 radical (unpaired) electrons. The molecule has 1 aliphatic carbocycles. The molecule has 0 aromatic carbocycles. The van der Waals surface area contributed by atoms with Crippen molar-refractivity contribution in [3.8, 4) is 0 Å². The van der Waals surface area contributed by atoms with Crippen molar-refractivity contribution in [3.63, 3.8) is 0 Å². The molecule has 1 aliphatic rings. The molecule has 1 unspecified atom stereocenters.